The van der Waals surface area contributed by atoms with Crippen LogP contribution in [0.25, 0.3) is 0 Å². The van der Waals surface area contributed by atoms with E-state index >= 15 is 0 Å². The van der Waals surface area contributed by atoms with Crippen molar-refractivity contribution in [1.29, 1.82) is 0 Å². The molecule has 4 rings (SSSR count). The van der Waals surface area contributed by atoms with Crippen molar-refractivity contribution >= 4 is 23.5 Å². The zero-order valence-corrected chi connectivity index (χ0v) is 21.2. The molecule has 3 aromatic carbocycles. The van der Waals surface area contributed by atoms with Crippen LogP contribution >= 0.6 is 0 Å². The van der Waals surface area contributed by atoms with Gasteiger partial charge in [0, 0.05) is 24.8 Å². The Hall–Kier alpha value is -4.07. The third-order valence-electron chi connectivity index (χ3n) is 6.64. The van der Waals surface area contributed by atoms with Gasteiger partial charge in [0.2, 0.25) is 5.91 Å². The zero-order chi connectivity index (χ0) is 27.1. The third-order valence-corrected chi connectivity index (χ3v) is 6.64. The van der Waals surface area contributed by atoms with Gasteiger partial charge in [-0.15, -0.1) is 0 Å². The van der Waals surface area contributed by atoms with Gasteiger partial charge >= 0.3 is 5.97 Å². The van der Waals surface area contributed by atoms with Gasteiger partial charge in [-0.1, -0.05) is 42.5 Å². The Kier molecular flexibility index (Phi) is 8.84. The summed E-state index contributed by atoms with van der Waals surface area (Å²) in [4.78, 5) is 41.6. The van der Waals surface area contributed by atoms with Crippen molar-refractivity contribution in [1.82, 2.24) is 4.90 Å². The number of likely N-dealkylation sites (tertiary alicyclic amines) is 1. The van der Waals surface area contributed by atoms with Gasteiger partial charge in [-0.05, 0) is 55.2 Å². The molecule has 0 unspecified atom stereocenters. The minimum Gasteiger partial charge on any atom is -0.466 e. The molecular weight excluding hydrogens is 490 g/mol. The fourth-order valence-electron chi connectivity index (χ4n) is 4.60. The first-order chi connectivity index (χ1) is 18.4. The van der Waals surface area contributed by atoms with Gasteiger partial charge in [-0.3, -0.25) is 14.4 Å². The highest BCUT2D eigenvalue weighted by Gasteiger charge is 2.28. The van der Waals surface area contributed by atoms with E-state index in [0.717, 1.165) is 17.7 Å². The first kappa shape index (κ1) is 27.0. The molecule has 2 amide bonds. The van der Waals surface area contributed by atoms with Gasteiger partial charge < -0.3 is 14.5 Å². The Bertz CT molecular complexity index is 1290. The molecule has 38 heavy (non-hydrogen) atoms. The number of esters is 1. The summed E-state index contributed by atoms with van der Waals surface area (Å²) in [5.41, 5.74) is 1.78. The average Bonchev–Trinajstić information content (AvgIpc) is 2.92. The Labute approximate surface area is 220 Å². The number of carbonyl (C=O) groups is 3. The van der Waals surface area contributed by atoms with E-state index in [-0.39, 0.29) is 36.3 Å². The van der Waals surface area contributed by atoms with Crippen molar-refractivity contribution in [3.05, 3.63) is 101 Å². The lowest BCUT2D eigenvalue weighted by Crippen LogP contribution is -2.41. The zero-order valence-electron chi connectivity index (χ0n) is 21.2. The number of nitrogens with zero attached hydrogens (tertiary/aromatic N) is 2. The number of piperidine rings is 1. The summed E-state index contributed by atoms with van der Waals surface area (Å²) in [6.07, 6.45) is 1.25. The van der Waals surface area contributed by atoms with E-state index in [1.807, 2.05) is 30.3 Å². The van der Waals surface area contributed by atoms with Gasteiger partial charge in [0.25, 0.3) is 5.91 Å². The van der Waals surface area contributed by atoms with Crippen molar-refractivity contribution < 1.29 is 27.9 Å². The number of benzene rings is 3. The Balaban J connectivity index is 1.52. The molecule has 0 spiro atoms. The topological polar surface area (TPSA) is 66.9 Å². The molecule has 198 valence electrons. The lowest BCUT2D eigenvalue weighted by atomic mass is 9.96. The molecule has 0 saturated carbocycles. The normalized spacial score (nSPS) is 13.7. The molecule has 0 atom stereocenters. The maximum Gasteiger partial charge on any atom is 0.309 e. The van der Waals surface area contributed by atoms with Gasteiger partial charge in [0.1, 0.15) is 11.6 Å². The second kappa shape index (κ2) is 12.4. The molecule has 0 aromatic heterocycles. The highest BCUT2D eigenvalue weighted by Crippen LogP contribution is 2.25. The fraction of sp³-hybridized carbons (Fsp3) is 0.300. The molecule has 0 bridgehead atoms. The monoisotopic (exact) mass is 520 g/mol. The van der Waals surface area contributed by atoms with Gasteiger partial charge in [0.05, 0.1) is 31.1 Å². The Morgan fingerprint density at radius 1 is 0.921 bits per heavy atom. The van der Waals surface area contributed by atoms with Gasteiger partial charge in [-0.2, -0.15) is 0 Å². The molecule has 0 radical (unpaired) electrons. The standard InChI is InChI=1S/C30H30F2N2O4/c1-2-38-30(37)23-13-15-33(16-14-23)28(35)18-22-9-6-10-25(17-22)34(20-21-7-4-3-5-8-21)29(36)26-12-11-24(31)19-27(26)32/h3-12,17,19,23H,2,13-16,18,20H2,1H3. The predicted molar refractivity (Wildman–Crippen MR) is 139 cm³/mol. The maximum atomic E-state index is 14.5. The molecule has 3 aromatic rings. The van der Waals surface area contributed by atoms with Crippen molar-refractivity contribution in [3.8, 4) is 0 Å². The summed E-state index contributed by atoms with van der Waals surface area (Å²) >= 11 is 0. The number of rotatable bonds is 8. The molecule has 0 aliphatic carbocycles. The van der Waals surface area contributed by atoms with E-state index in [4.69, 9.17) is 4.74 Å². The van der Waals surface area contributed by atoms with E-state index in [1.165, 1.54) is 4.90 Å². The van der Waals surface area contributed by atoms with Crippen LogP contribution in [0.15, 0.2) is 72.8 Å². The number of anilines is 1. The second-order valence-corrected chi connectivity index (χ2v) is 9.25. The average molecular weight is 521 g/mol. The Morgan fingerprint density at radius 3 is 2.32 bits per heavy atom. The SMILES string of the molecule is CCOC(=O)C1CCN(C(=O)Cc2cccc(N(Cc3ccccc3)C(=O)c3ccc(F)cc3F)c2)CC1. The van der Waals surface area contributed by atoms with Crippen LogP contribution in [0.3, 0.4) is 0 Å². The van der Waals surface area contributed by atoms with E-state index in [9.17, 15) is 23.2 Å². The summed E-state index contributed by atoms with van der Waals surface area (Å²) in [5.74, 6) is -2.79. The molecule has 1 fully saturated rings. The van der Waals surface area contributed by atoms with Crippen LogP contribution < -0.4 is 4.90 Å². The number of carbonyl (C=O) groups excluding carboxylic acids is 3. The molecule has 0 N–H and O–H groups in total. The predicted octanol–water partition coefficient (Wildman–Crippen LogP) is 5.16. The van der Waals surface area contributed by atoms with Crippen molar-refractivity contribution in [3.63, 3.8) is 0 Å². The number of ether oxygens (including phenoxy) is 1. The minimum absolute atomic E-state index is 0.0741. The van der Waals surface area contributed by atoms with Crippen LogP contribution in [-0.2, 0) is 27.3 Å². The molecule has 1 aliphatic rings. The molecule has 1 heterocycles. The van der Waals surface area contributed by atoms with Gasteiger partial charge in [0.15, 0.2) is 0 Å². The van der Waals surface area contributed by atoms with Crippen molar-refractivity contribution in [2.75, 3.05) is 24.6 Å². The summed E-state index contributed by atoms with van der Waals surface area (Å²) < 4.78 is 33.1. The highest BCUT2D eigenvalue weighted by molar-refractivity contribution is 6.06. The minimum atomic E-state index is -0.939. The Morgan fingerprint density at radius 2 is 1.63 bits per heavy atom. The van der Waals surface area contributed by atoms with E-state index in [0.29, 0.717) is 49.9 Å². The smallest absolute Gasteiger partial charge is 0.309 e. The van der Waals surface area contributed by atoms with Crippen LogP contribution in [0.1, 0.15) is 41.3 Å². The second-order valence-electron chi connectivity index (χ2n) is 9.25. The summed E-state index contributed by atoms with van der Waals surface area (Å²) in [6, 6.07) is 19.2. The number of hydrogen-bond acceptors (Lipinski definition) is 4. The molecule has 1 saturated heterocycles. The van der Waals surface area contributed by atoms with Crippen molar-refractivity contribution in [2.24, 2.45) is 5.92 Å². The summed E-state index contributed by atoms with van der Waals surface area (Å²) in [6.45, 7) is 3.23. The number of hydrogen-bond donors (Lipinski definition) is 0. The van der Waals surface area contributed by atoms with Crippen LogP contribution in [-0.4, -0.2) is 42.4 Å². The molecule has 8 heteroatoms. The summed E-state index contributed by atoms with van der Waals surface area (Å²) in [5, 5.41) is 0. The van der Waals surface area contributed by atoms with E-state index in [2.05, 4.69) is 0 Å². The highest BCUT2D eigenvalue weighted by atomic mass is 19.1. The first-order valence-electron chi connectivity index (χ1n) is 12.7. The molecule has 1 aliphatic heterocycles. The van der Waals surface area contributed by atoms with Crippen LogP contribution in [0.5, 0.6) is 0 Å². The lowest BCUT2D eigenvalue weighted by molar-refractivity contribution is -0.151. The maximum absolute atomic E-state index is 14.5. The number of amides is 2. The fourth-order valence-corrected chi connectivity index (χ4v) is 4.60. The van der Waals surface area contributed by atoms with Crippen molar-refractivity contribution in [2.45, 2.75) is 32.7 Å². The van der Waals surface area contributed by atoms with Crippen LogP contribution in [0, 0.1) is 17.6 Å². The largest absolute Gasteiger partial charge is 0.466 e. The first-order valence-corrected chi connectivity index (χ1v) is 12.7. The third kappa shape index (κ3) is 6.62. The van der Waals surface area contributed by atoms with E-state index < -0.39 is 17.5 Å². The number of halogens is 2. The summed E-state index contributed by atoms with van der Waals surface area (Å²) in [7, 11) is 0. The van der Waals surface area contributed by atoms with E-state index in [1.54, 1.807) is 36.1 Å². The quantitative estimate of drug-likeness (QED) is 0.385. The van der Waals surface area contributed by atoms with Crippen LogP contribution in [0.2, 0.25) is 0 Å². The van der Waals surface area contributed by atoms with Gasteiger partial charge in [-0.25, -0.2) is 8.78 Å². The molecular formula is C30H30F2N2O4. The molecule has 6 nitrogen and oxygen atoms in total. The van der Waals surface area contributed by atoms with Crippen LogP contribution in [0.4, 0.5) is 14.5 Å². The lowest BCUT2D eigenvalue weighted by Gasteiger charge is -2.31.